The van der Waals surface area contributed by atoms with Crippen LogP contribution in [0.25, 0.3) is 117 Å². The van der Waals surface area contributed by atoms with E-state index in [1.165, 1.54) is 16.7 Å². The number of nitrogens with zero attached hydrogens (tertiary/aromatic N) is 4. The third-order valence-electron chi connectivity index (χ3n) is 11.9. The molecule has 12 rings (SSSR count). The lowest BCUT2D eigenvalue weighted by Gasteiger charge is -2.11. The van der Waals surface area contributed by atoms with Gasteiger partial charge in [0.2, 0.25) is 0 Å². The lowest BCUT2D eigenvalue weighted by Crippen LogP contribution is -2.00. The van der Waals surface area contributed by atoms with Crippen LogP contribution in [0.2, 0.25) is 0 Å². The predicted molar refractivity (Wildman–Crippen MR) is 254 cm³/mol. The van der Waals surface area contributed by atoms with Crippen molar-refractivity contribution < 1.29 is 4.42 Å². The van der Waals surface area contributed by atoms with Gasteiger partial charge in [0, 0.05) is 43.9 Å². The molecule has 0 radical (unpaired) electrons. The molecule has 0 saturated carbocycles. The monoisotopic (exact) mass is 792 g/mol. The van der Waals surface area contributed by atoms with E-state index in [1.807, 2.05) is 48.5 Å². The molecule has 0 aliphatic heterocycles. The quantitative estimate of drug-likeness (QED) is 0.161. The van der Waals surface area contributed by atoms with Gasteiger partial charge >= 0.3 is 0 Å². The molecule has 0 N–H and O–H groups in total. The van der Waals surface area contributed by atoms with Crippen LogP contribution in [0, 0.1) is 0 Å². The van der Waals surface area contributed by atoms with Crippen LogP contribution in [-0.4, -0.2) is 19.5 Å². The van der Waals surface area contributed by atoms with Crippen molar-refractivity contribution in [3.8, 4) is 73.2 Å². The Bertz CT molecular complexity index is 3590. The Morgan fingerprint density at radius 1 is 0.306 bits per heavy atom. The zero-order valence-electron chi connectivity index (χ0n) is 33.5. The Balaban J connectivity index is 1.02. The summed E-state index contributed by atoms with van der Waals surface area (Å²) in [5, 5.41) is 4.24. The molecule has 0 atom stereocenters. The highest BCUT2D eigenvalue weighted by Gasteiger charge is 2.21. The number of hydrogen-bond donors (Lipinski definition) is 0. The first-order valence-corrected chi connectivity index (χ1v) is 20.8. The van der Waals surface area contributed by atoms with Crippen LogP contribution in [0.15, 0.2) is 223 Å². The van der Waals surface area contributed by atoms with Crippen LogP contribution in [0.4, 0.5) is 0 Å². The number of aromatic nitrogens is 4. The Morgan fingerprint density at radius 2 is 0.806 bits per heavy atom. The molecule has 0 spiro atoms. The maximum Gasteiger partial charge on any atom is 0.164 e. The van der Waals surface area contributed by atoms with Crippen molar-refractivity contribution in [1.82, 2.24) is 19.5 Å². The zero-order valence-corrected chi connectivity index (χ0v) is 33.5. The minimum Gasteiger partial charge on any atom is -0.456 e. The topological polar surface area (TPSA) is 56.7 Å². The molecule has 3 aromatic heterocycles. The molecule has 5 nitrogen and oxygen atoms in total. The van der Waals surface area contributed by atoms with Gasteiger partial charge in [-0.05, 0) is 69.8 Å². The third-order valence-corrected chi connectivity index (χ3v) is 11.9. The molecule has 0 aliphatic rings. The smallest absolute Gasteiger partial charge is 0.164 e. The van der Waals surface area contributed by atoms with Crippen LogP contribution in [-0.2, 0) is 0 Å². The Morgan fingerprint density at radius 3 is 1.47 bits per heavy atom. The number of para-hydroxylation sites is 1. The molecule has 5 heteroatoms. The first-order valence-electron chi connectivity index (χ1n) is 20.8. The molecule has 12 aromatic rings. The summed E-state index contributed by atoms with van der Waals surface area (Å²) in [6.45, 7) is 0. The summed E-state index contributed by atoms with van der Waals surface area (Å²) in [5.74, 6) is 1.80. The van der Waals surface area contributed by atoms with Crippen molar-refractivity contribution in [3.05, 3.63) is 218 Å². The van der Waals surface area contributed by atoms with Crippen molar-refractivity contribution in [2.45, 2.75) is 0 Å². The number of furan rings is 1. The Kier molecular flexibility index (Phi) is 8.42. The normalized spacial score (nSPS) is 11.5. The lowest BCUT2D eigenvalue weighted by molar-refractivity contribution is 0.669. The number of rotatable bonds is 7. The Labute approximate surface area is 357 Å². The minimum atomic E-state index is 0.584. The fraction of sp³-hybridized carbons (Fsp3) is 0. The summed E-state index contributed by atoms with van der Waals surface area (Å²) >= 11 is 0. The number of fused-ring (bicyclic) bond motifs is 6. The van der Waals surface area contributed by atoms with Crippen molar-refractivity contribution >= 4 is 43.7 Å². The molecular weight excluding hydrogens is 757 g/mol. The van der Waals surface area contributed by atoms with E-state index in [0.717, 1.165) is 82.8 Å². The van der Waals surface area contributed by atoms with Gasteiger partial charge in [-0.1, -0.05) is 182 Å². The van der Waals surface area contributed by atoms with Crippen LogP contribution in [0.1, 0.15) is 0 Å². The van der Waals surface area contributed by atoms with Crippen LogP contribution >= 0.6 is 0 Å². The largest absolute Gasteiger partial charge is 0.456 e. The molecular formula is C57H36N4O. The fourth-order valence-electron chi connectivity index (χ4n) is 8.85. The van der Waals surface area contributed by atoms with E-state index in [-0.39, 0.29) is 0 Å². The summed E-state index contributed by atoms with van der Waals surface area (Å²) < 4.78 is 9.09. The molecule has 0 bridgehead atoms. The van der Waals surface area contributed by atoms with Gasteiger partial charge in [-0.25, -0.2) is 15.0 Å². The average molecular weight is 793 g/mol. The predicted octanol–water partition coefficient (Wildman–Crippen LogP) is 14.9. The SMILES string of the molecule is c1ccc(-c2ccc(-c3cccc(-n4c5ccccc5c5cc6oc7cccc(-c8nc(-c9ccccc9)nc(-c9ccc(-c%10ccccc%10)cc9)n8)c7c6cc54)c3)cc2)cc1. The third kappa shape index (κ3) is 6.14. The van der Waals surface area contributed by atoms with Gasteiger partial charge < -0.3 is 8.98 Å². The second-order valence-electron chi connectivity index (χ2n) is 15.6. The second-order valence-corrected chi connectivity index (χ2v) is 15.6. The second kappa shape index (κ2) is 14.7. The van der Waals surface area contributed by atoms with E-state index in [0.29, 0.717) is 17.5 Å². The molecule has 0 fully saturated rings. The summed E-state index contributed by atoms with van der Waals surface area (Å²) in [5.41, 5.74) is 14.6. The highest BCUT2D eigenvalue weighted by Crippen LogP contribution is 2.42. The first kappa shape index (κ1) is 35.5. The zero-order chi connectivity index (χ0) is 41.0. The average Bonchev–Trinajstić information content (AvgIpc) is 3.89. The van der Waals surface area contributed by atoms with Crippen molar-refractivity contribution in [2.24, 2.45) is 0 Å². The molecule has 9 aromatic carbocycles. The summed E-state index contributed by atoms with van der Waals surface area (Å²) in [6.07, 6.45) is 0. The van der Waals surface area contributed by atoms with Crippen LogP contribution in [0.5, 0.6) is 0 Å². The van der Waals surface area contributed by atoms with Crippen LogP contribution < -0.4 is 0 Å². The van der Waals surface area contributed by atoms with Crippen molar-refractivity contribution in [3.63, 3.8) is 0 Å². The van der Waals surface area contributed by atoms with Crippen LogP contribution in [0.3, 0.4) is 0 Å². The molecule has 0 saturated heterocycles. The highest BCUT2D eigenvalue weighted by atomic mass is 16.3. The van der Waals surface area contributed by atoms with Gasteiger partial charge in [0.15, 0.2) is 17.5 Å². The lowest BCUT2D eigenvalue weighted by atomic mass is 10.00. The Hall–Kier alpha value is -8.41. The fourth-order valence-corrected chi connectivity index (χ4v) is 8.85. The standard InChI is InChI=1S/C57H36N4O/c1-4-14-37(15-5-1)39-26-28-41(29-27-39)44-20-12-21-45(34-44)61-50-24-11-10-22-46(50)48-36-53-49(35-51(48)61)54-47(23-13-25-52(54)62-53)57-59-55(42-18-8-3-9-19-42)58-56(60-57)43-32-30-40(31-33-43)38-16-6-2-7-17-38/h1-36H. The summed E-state index contributed by atoms with van der Waals surface area (Å²) in [4.78, 5) is 15.4. The van der Waals surface area contributed by atoms with E-state index in [4.69, 9.17) is 19.4 Å². The molecule has 3 heterocycles. The van der Waals surface area contributed by atoms with Crippen molar-refractivity contribution in [1.29, 1.82) is 0 Å². The van der Waals surface area contributed by atoms with E-state index in [1.54, 1.807) is 0 Å². The van der Waals surface area contributed by atoms with Gasteiger partial charge in [0.25, 0.3) is 0 Å². The molecule has 0 amide bonds. The van der Waals surface area contributed by atoms with Gasteiger partial charge in [-0.15, -0.1) is 0 Å². The molecule has 290 valence electrons. The number of hydrogen-bond acceptors (Lipinski definition) is 4. The minimum absolute atomic E-state index is 0.584. The van der Waals surface area contributed by atoms with Crippen molar-refractivity contribution in [2.75, 3.05) is 0 Å². The van der Waals surface area contributed by atoms with Gasteiger partial charge in [-0.3, -0.25) is 0 Å². The number of benzene rings is 9. The van der Waals surface area contributed by atoms with Gasteiger partial charge in [0.1, 0.15) is 11.2 Å². The maximum atomic E-state index is 6.71. The summed E-state index contributed by atoms with van der Waals surface area (Å²) in [7, 11) is 0. The first-order chi connectivity index (χ1) is 30.7. The van der Waals surface area contributed by atoms with E-state index >= 15 is 0 Å². The van der Waals surface area contributed by atoms with Gasteiger partial charge in [0.05, 0.1) is 11.0 Å². The molecule has 0 aliphatic carbocycles. The van der Waals surface area contributed by atoms with E-state index in [2.05, 4.69) is 174 Å². The highest BCUT2D eigenvalue weighted by molar-refractivity contribution is 6.19. The van der Waals surface area contributed by atoms with E-state index < -0.39 is 0 Å². The van der Waals surface area contributed by atoms with Gasteiger partial charge in [-0.2, -0.15) is 0 Å². The summed E-state index contributed by atoms with van der Waals surface area (Å²) in [6, 6.07) is 76.4. The van der Waals surface area contributed by atoms with E-state index in [9.17, 15) is 0 Å². The molecule has 62 heavy (non-hydrogen) atoms. The molecule has 0 unspecified atom stereocenters. The maximum absolute atomic E-state index is 6.71.